The summed E-state index contributed by atoms with van der Waals surface area (Å²) < 4.78 is 26.5. The van der Waals surface area contributed by atoms with Gasteiger partial charge in [-0.25, -0.2) is 18.1 Å². The van der Waals surface area contributed by atoms with Gasteiger partial charge in [0.1, 0.15) is 10.0 Å². The van der Waals surface area contributed by atoms with Gasteiger partial charge in [0.05, 0.1) is 0 Å². The molecule has 0 radical (unpaired) electrons. The fourth-order valence-corrected chi connectivity index (χ4v) is 3.73. The highest BCUT2D eigenvalue weighted by molar-refractivity contribution is 7.89. The first-order chi connectivity index (χ1) is 10.0. The molecule has 6 nitrogen and oxygen atoms in total. The number of rotatable bonds is 5. The topological polar surface area (TPSA) is 79.4 Å². The zero-order valence-electron chi connectivity index (χ0n) is 11.6. The molecule has 0 unspecified atom stereocenters. The fraction of sp³-hybridized carbons (Fsp3) is 0.538. The van der Waals surface area contributed by atoms with Gasteiger partial charge in [-0.15, -0.1) is 0 Å². The first kappa shape index (κ1) is 16.2. The molecular formula is C13H18ClN3O3S. The van der Waals surface area contributed by atoms with Gasteiger partial charge in [0.15, 0.2) is 0 Å². The minimum Gasteiger partial charge on any atom is -0.343 e. The smallest absolute Gasteiger partial charge is 0.243 e. The third-order valence-electron chi connectivity index (χ3n) is 3.35. The minimum atomic E-state index is -3.73. The monoisotopic (exact) mass is 331 g/mol. The Morgan fingerprint density at radius 2 is 2.05 bits per heavy atom. The Morgan fingerprint density at radius 3 is 2.71 bits per heavy atom. The number of pyridine rings is 1. The zero-order chi connectivity index (χ0) is 15.3. The lowest BCUT2D eigenvalue weighted by atomic mass is 10.1. The van der Waals surface area contributed by atoms with E-state index in [0.717, 1.165) is 32.4 Å². The van der Waals surface area contributed by atoms with Crippen molar-refractivity contribution in [2.75, 3.05) is 19.6 Å². The predicted octanol–water partition coefficient (Wildman–Crippen LogP) is 1.42. The Hall–Kier alpha value is -1.18. The predicted molar refractivity (Wildman–Crippen MR) is 79.5 cm³/mol. The number of hydrogen-bond donors (Lipinski definition) is 1. The highest BCUT2D eigenvalue weighted by atomic mass is 35.5. The number of hydrogen-bond acceptors (Lipinski definition) is 4. The molecule has 2 rings (SSSR count). The Balaban J connectivity index is 1.88. The lowest BCUT2D eigenvalue weighted by Gasteiger charge is -2.26. The van der Waals surface area contributed by atoms with Crippen molar-refractivity contribution in [2.45, 2.75) is 30.6 Å². The zero-order valence-corrected chi connectivity index (χ0v) is 13.2. The largest absolute Gasteiger partial charge is 0.343 e. The molecular weight excluding hydrogens is 314 g/mol. The Morgan fingerprint density at radius 1 is 1.33 bits per heavy atom. The van der Waals surface area contributed by atoms with Gasteiger partial charge in [0, 0.05) is 32.3 Å². The van der Waals surface area contributed by atoms with Gasteiger partial charge in [-0.2, -0.15) is 0 Å². The molecule has 1 saturated heterocycles. The maximum absolute atomic E-state index is 12.1. The summed E-state index contributed by atoms with van der Waals surface area (Å²) in [5.74, 6) is -0.0188. The SMILES string of the molecule is O=C(CCNS(=O)(=O)c1cccnc1Cl)N1CCCCC1. The van der Waals surface area contributed by atoms with Gasteiger partial charge in [0.2, 0.25) is 15.9 Å². The molecule has 21 heavy (non-hydrogen) atoms. The normalized spacial score (nSPS) is 16.0. The van der Waals surface area contributed by atoms with Crippen molar-refractivity contribution in [3.05, 3.63) is 23.5 Å². The molecule has 1 N–H and O–H groups in total. The van der Waals surface area contributed by atoms with Gasteiger partial charge in [-0.3, -0.25) is 4.79 Å². The number of carbonyl (C=O) groups excluding carboxylic acids is 1. The second-order valence-electron chi connectivity index (χ2n) is 4.88. The van der Waals surface area contributed by atoms with Gasteiger partial charge in [-0.05, 0) is 31.4 Å². The number of sulfonamides is 1. The molecule has 0 aromatic carbocycles. The Bertz CT molecular complexity index is 600. The third-order valence-corrected chi connectivity index (χ3v) is 5.26. The molecule has 0 spiro atoms. The first-order valence-corrected chi connectivity index (χ1v) is 8.75. The highest BCUT2D eigenvalue weighted by Gasteiger charge is 2.20. The summed E-state index contributed by atoms with van der Waals surface area (Å²) >= 11 is 5.77. The van der Waals surface area contributed by atoms with E-state index in [9.17, 15) is 13.2 Å². The van der Waals surface area contributed by atoms with Crippen LogP contribution in [0.15, 0.2) is 23.2 Å². The molecule has 116 valence electrons. The van der Waals surface area contributed by atoms with Crippen molar-refractivity contribution in [3.63, 3.8) is 0 Å². The van der Waals surface area contributed by atoms with Crippen LogP contribution in [0.3, 0.4) is 0 Å². The Kier molecular flexibility index (Phi) is 5.55. The summed E-state index contributed by atoms with van der Waals surface area (Å²) in [5, 5.41) is -0.0765. The molecule has 1 aromatic heterocycles. The molecule has 1 aromatic rings. The minimum absolute atomic E-state index is 0.0188. The summed E-state index contributed by atoms with van der Waals surface area (Å²) in [6, 6.07) is 2.88. The number of carbonyl (C=O) groups is 1. The van der Waals surface area contributed by atoms with E-state index in [4.69, 9.17) is 11.6 Å². The van der Waals surface area contributed by atoms with Gasteiger partial charge in [0.25, 0.3) is 0 Å². The van der Waals surface area contributed by atoms with E-state index in [1.54, 1.807) is 4.90 Å². The van der Waals surface area contributed by atoms with E-state index in [0.29, 0.717) is 0 Å². The molecule has 1 aliphatic rings. The summed E-state index contributed by atoms with van der Waals surface area (Å²) in [6.45, 7) is 1.59. The van der Waals surface area contributed by atoms with Crippen molar-refractivity contribution < 1.29 is 13.2 Å². The molecule has 1 amide bonds. The molecule has 1 fully saturated rings. The number of likely N-dealkylation sites (tertiary alicyclic amines) is 1. The average molecular weight is 332 g/mol. The number of amides is 1. The molecule has 2 heterocycles. The van der Waals surface area contributed by atoms with Crippen LogP contribution in [0, 0.1) is 0 Å². The first-order valence-electron chi connectivity index (χ1n) is 6.89. The van der Waals surface area contributed by atoms with Crippen molar-refractivity contribution in [1.29, 1.82) is 0 Å². The van der Waals surface area contributed by atoms with Gasteiger partial charge >= 0.3 is 0 Å². The maximum atomic E-state index is 12.1. The highest BCUT2D eigenvalue weighted by Crippen LogP contribution is 2.17. The summed E-state index contributed by atoms with van der Waals surface area (Å²) in [6.07, 6.45) is 4.75. The van der Waals surface area contributed by atoms with Crippen LogP contribution < -0.4 is 4.72 Å². The van der Waals surface area contributed by atoms with Gasteiger partial charge in [-0.1, -0.05) is 11.6 Å². The summed E-state index contributed by atoms with van der Waals surface area (Å²) in [7, 11) is -3.73. The molecule has 0 saturated carbocycles. The van der Waals surface area contributed by atoms with Crippen LogP contribution >= 0.6 is 11.6 Å². The number of piperidine rings is 1. The van der Waals surface area contributed by atoms with Crippen LogP contribution in [0.1, 0.15) is 25.7 Å². The van der Waals surface area contributed by atoms with Crippen LogP contribution in [0.25, 0.3) is 0 Å². The van der Waals surface area contributed by atoms with Gasteiger partial charge < -0.3 is 4.90 Å². The molecule has 8 heteroatoms. The van der Waals surface area contributed by atoms with E-state index in [-0.39, 0.29) is 28.9 Å². The number of nitrogens with one attached hydrogen (secondary N) is 1. The van der Waals surface area contributed by atoms with Crippen LogP contribution in [-0.4, -0.2) is 43.8 Å². The van der Waals surface area contributed by atoms with Crippen molar-refractivity contribution in [1.82, 2.24) is 14.6 Å². The second kappa shape index (κ2) is 7.20. The Labute approximate surface area is 129 Å². The van der Waals surface area contributed by atoms with Crippen LogP contribution in [0.5, 0.6) is 0 Å². The fourth-order valence-electron chi connectivity index (χ4n) is 2.24. The van der Waals surface area contributed by atoms with E-state index in [1.807, 2.05) is 0 Å². The van der Waals surface area contributed by atoms with Crippen molar-refractivity contribution in [3.8, 4) is 0 Å². The quantitative estimate of drug-likeness (QED) is 0.827. The van der Waals surface area contributed by atoms with Crippen LogP contribution in [-0.2, 0) is 14.8 Å². The number of nitrogens with zero attached hydrogens (tertiary/aromatic N) is 2. The maximum Gasteiger partial charge on any atom is 0.243 e. The molecule has 0 atom stereocenters. The standard InChI is InChI=1S/C13H18ClN3O3S/c14-13-11(5-4-7-15-13)21(19,20)16-8-6-12(18)17-9-2-1-3-10-17/h4-5,7,16H,1-3,6,8-10H2. The molecule has 1 aliphatic heterocycles. The third kappa shape index (κ3) is 4.39. The average Bonchev–Trinajstić information content (AvgIpc) is 2.48. The number of halogens is 1. The van der Waals surface area contributed by atoms with Crippen LogP contribution in [0.2, 0.25) is 5.15 Å². The van der Waals surface area contributed by atoms with E-state index in [1.165, 1.54) is 18.3 Å². The van der Waals surface area contributed by atoms with Crippen molar-refractivity contribution >= 4 is 27.5 Å². The van der Waals surface area contributed by atoms with E-state index < -0.39 is 10.0 Å². The van der Waals surface area contributed by atoms with E-state index in [2.05, 4.69) is 9.71 Å². The summed E-state index contributed by atoms with van der Waals surface area (Å²) in [4.78, 5) is 17.4. The summed E-state index contributed by atoms with van der Waals surface area (Å²) in [5.41, 5.74) is 0. The second-order valence-corrected chi connectivity index (χ2v) is 6.97. The number of aromatic nitrogens is 1. The molecule has 0 bridgehead atoms. The van der Waals surface area contributed by atoms with E-state index >= 15 is 0 Å². The lowest BCUT2D eigenvalue weighted by molar-refractivity contribution is -0.131. The van der Waals surface area contributed by atoms with Crippen molar-refractivity contribution in [2.24, 2.45) is 0 Å². The lowest BCUT2D eigenvalue weighted by Crippen LogP contribution is -2.37. The van der Waals surface area contributed by atoms with Crippen LogP contribution in [0.4, 0.5) is 0 Å². The molecule has 0 aliphatic carbocycles.